The molecule has 1 nitrogen and oxygen atoms in total. The molecule has 0 N–H and O–H groups in total. The molecule has 0 heterocycles. The van der Waals surface area contributed by atoms with Crippen molar-refractivity contribution >= 4 is 0 Å². The molecule has 0 amide bonds. The summed E-state index contributed by atoms with van der Waals surface area (Å²) in [6.07, 6.45) is 7.03. The Hall–Kier alpha value is -0.0400. The highest BCUT2D eigenvalue weighted by Gasteiger charge is 2.68. The van der Waals surface area contributed by atoms with Crippen LogP contribution in [0, 0.1) is 28.6 Å². The van der Waals surface area contributed by atoms with Crippen LogP contribution in [-0.2, 0) is 4.74 Å². The molecular weight excluding hydrogens is 208 g/mol. The zero-order valence-electron chi connectivity index (χ0n) is 12.2. The highest BCUT2D eigenvalue weighted by molar-refractivity contribution is 5.17. The van der Waals surface area contributed by atoms with Crippen LogP contribution in [0.2, 0.25) is 0 Å². The van der Waals surface area contributed by atoms with Crippen LogP contribution in [0.25, 0.3) is 0 Å². The Balaban J connectivity index is 2.04. The van der Waals surface area contributed by atoms with Gasteiger partial charge in [-0.25, -0.2) is 0 Å². The molecule has 0 aromatic rings. The lowest BCUT2D eigenvalue weighted by Gasteiger charge is -2.46. The summed E-state index contributed by atoms with van der Waals surface area (Å²) >= 11 is 0. The van der Waals surface area contributed by atoms with Crippen LogP contribution in [-0.4, -0.2) is 12.7 Å². The van der Waals surface area contributed by atoms with Gasteiger partial charge in [0.15, 0.2) is 0 Å². The Morgan fingerprint density at radius 3 is 2.35 bits per heavy atom. The lowest BCUT2D eigenvalue weighted by molar-refractivity contribution is -0.100. The van der Waals surface area contributed by atoms with Gasteiger partial charge in [-0.2, -0.15) is 0 Å². The van der Waals surface area contributed by atoms with E-state index in [1.807, 2.05) is 7.11 Å². The topological polar surface area (TPSA) is 9.23 Å². The SMILES string of the molecule is CO[C@@]1(C)CC[C@@]23CC1C(C)(C)[C@@H]2CC[C@H]3C. The Morgan fingerprint density at radius 1 is 1.00 bits per heavy atom. The van der Waals surface area contributed by atoms with Gasteiger partial charge in [-0.3, -0.25) is 0 Å². The first-order chi connectivity index (χ1) is 7.87. The molecule has 0 radical (unpaired) electrons. The van der Waals surface area contributed by atoms with E-state index < -0.39 is 0 Å². The normalized spacial score (nSPS) is 55.9. The van der Waals surface area contributed by atoms with Crippen molar-refractivity contribution in [2.24, 2.45) is 28.6 Å². The molecule has 1 unspecified atom stereocenters. The largest absolute Gasteiger partial charge is 0.378 e. The van der Waals surface area contributed by atoms with Crippen LogP contribution in [0.4, 0.5) is 0 Å². The number of ether oxygens (including phenoxy) is 1. The maximum Gasteiger partial charge on any atom is 0.0684 e. The number of rotatable bonds is 1. The van der Waals surface area contributed by atoms with Gasteiger partial charge in [0.2, 0.25) is 0 Å². The summed E-state index contributed by atoms with van der Waals surface area (Å²) in [6.45, 7) is 9.90. The van der Waals surface area contributed by atoms with Crippen molar-refractivity contribution in [1.29, 1.82) is 0 Å². The fourth-order valence-corrected chi connectivity index (χ4v) is 6.10. The molecule has 98 valence electrons. The molecule has 3 saturated carbocycles. The number of hydrogen-bond donors (Lipinski definition) is 0. The Morgan fingerprint density at radius 2 is 1.71 bits per heavy atom. The summed E-state index contributed by atoms with van der Waals surface area (Å²) in [5.41, 5.74) is 1.29. The Kier molecular flexibility index (Phi) is 2.32. The van der Waals surface area contributed by atoms with Gasteiger partial charge in [0.05, 0.1) is 5.60 Å². The maximum atomic E-state index is 5.94. The van der Waals surface area contributed by atoms with Crippen molar-refractivity contribution in [2.45, 2.75) is 65.4 Å². The fourth-order valence-electron chi connectivity index (χ4n) is 6.10. The second-order valence-corrected chi connectivity index (χ2v) is 7.86. The fraction of sp³-hybridized carbons (Fsp3) is 1.00. The molecule has 0 aliphatic heterocycles. The van der Waals surface area contributed by atoms with Gasteiger partial charge in [-0.05, 0) is 67.6 Å². The van der Waals surface area contributed by atoms with E-state index in [4.69, 9.17) is 4.74 Å². The number of hydrogen-bond acceptors (Lipinski definition) is 1. The molecule has 2 bridgehead atoms. The van der Waals surface area contributed by atoms with Crippen molar-refractivity contribution in [3.63, 3.8) is 0 Å². The first-order valence-corrected chi connectivity index (χ1v) is 7.42. The van der Waals surface area contributed by atoms with Gasteiger partial charge in [0.25, 0.3) is 0 Å². The molecule has 0 aromatic carbocycles. The first-order valence-electron chi connectivity index (χ1n) is 7.42. The Labute approximate surface area is 106 Å². The smallest absolute Gasteiger partial charge is 0.0684 e. The van der Waals surface area contributed by atoms with Gasteiger partial charge < -0.3 is 4.74 Å². The second-order valence-electron chi connectivity index (χ2n) is 7.86. The van der Waals surface area contributed by atoms with E-state index in [2.05, 4.69) is 27.7 Å². The molecule has 17 heavy (non-hydrogen) atoms. The van der Waals surface area contributed by atoms with E-state index in [1.54, 1.807) is 0 Å². The summed E-state index contributed by atoms with van der Waals surface area (Å²) in [5.74, 6) is 2.66. The van der Waals surface area contributed by atoms with Crippen molar-refractivity contribution in [1.82, 2.24) is 0 Å². The van der Waals surface area contributed by atoms with E-state index in [1.165, 1.54) is 32.1 Å². The van der Waals surface area contributed by atoms with Gasteiger partial charge in [-0.1, -0.05) is 20.8 Å². The number of fused-ring (bicyclic) bond motifs is 1. The van der Waals surface area contributed by atoms with Gasteiger partial charge in [0.1, 0.15) is 0 Å². The molecule has 3 fully saturated rings. The van der Waals surface area contributed by atoms with Gasteiger partial charge in [0, 0.05) is 7.11 Å². The zero-order chi connectivity index (χ0) is 12.5. The summed E-state index contributed by atoms with van der Waals surface area (Å²) in [7, 11) is 1.92. The number of methoxy groups -OCH3 is 1. The maximum absolute atomic E-state index is 5.94. The molecule has 5 atom stereocenters. The minimum absolute atomic E-state index is 0.138. The van der Waals surface area contributed by atoms with E-state index >= 15 is 0 Å². The summed E-state index contributed by atoms with van der Waals surface area (Å²) in [6, 6.07) is 0. The molecule has 1 heteroatoms. The molecule has 3 rings (SSSR count). The molecule has 0 aromatic heterocycles. The lowest BCUT2D eigenvalue weighted by Crippen LogP contribution is -2.45. The van der Waals surface area contributed by atoms with Gasteiger partial charge >= 0.3 is 0 Å². The summed E-state index contributed by atoms with van der Waals surface area (Å²) < 4.78 is 5.94. The highest BCUT2D eigenvalue weighted by atomic mass is 16.5. The third-order valence-corrected chi connectivity index (χ3v) is 7.23. The predicted octanol–water partition coefficient (Wildman–Crippen LogP) is 4.26. The Bertz CT molecular complexity index is 334. The van der Waals surface area contributed by atoms with E-state index in [0.717, 1.165) is 17.8 Å². The van der Waals surface area contributed by atoms with E-state index in [-0.39, 0.29) is 5.60 Å². The summed E-state index contributed by atoms with van der Waals surface area (Å²) in [5, 5.41) is 0. The average molecular weight is 236 g/mol. The van der Waals surface area contributed by atoms with E-state index in [0.29, 0.717) is 10.8 Å². The molecule has 0 saturated heterocycles. The van der Waals surface area contributed by atoms with Crippen LogP contribution in [0.1, 0.15) is 59.8 Å². The van der Waals surface area contributed by atoms with Crippen LogP contribution in [0.15, 0.2) is 0 Å². The zero-order valence-corrected chi connectivity index (χ0v) is 12.2. The minimum atomic E-state index is 0.138. The van der Waals surface area contributed by atoms with Crippen LogP contribution in [0.5, 0.6) is 0 Å². The van der Waals surface area contributed by atoms with Crippen LogP contribution in [0.3, 0.4) is 0 Å². The van der Waals surface area contributed by atoms with Crippen LogP contribution < -0.4 is 0 Å². The average Bonchev–Trinajstić information content (AvgIpc) is 2.70. The molecule has 3 aliphatic carbocycles. The standard InChI is InChI=1S/C16H28O/c1-11-6-7-12-14(2,3)13-10-16(11,12)9-8-15(13,4)17-5/h11-13H,6-10H2,1-5H3/t11-,12+,13?,15+,16+/m1/s1. The van der Waals surface area contributed by atoms with Crippen molar-refractivity contribution in [2.75, 3.05) is 7.11 Å². The minimum Gasteiger partial charge on any atom is -0.378 e. The van der Waals surface area contributed by atoms with Gasteiger partial charge in [-0.15, -0.1) is 0 Å². The molecular formula is C16H28O. The second kappa shape index (κ2) is 3.29. The van der Waals surface area contributed by atoms with Crippen LogP contribution >= 0.6 is 0 Å². The van der Waals surface area contributed by atoms with E-state index in [9.17, 15) is 0 Å². The van der Waals surface area contributed by atoms with Crippen molar-refractivity contribution in [3.8, 4) is 0 Å². The highest BCUT2D eigenvalue weighted by Crippen LogP contribution is 2.73. The quantitative estimate of drug-likeness (QED) is 0.661. The third kappa shape index (κ3) is 1.25. The van der Waals surface area contributed by atoms with Crippen molar-refractivity contribution in [3.05, 3.63) is 0 Å². The lowest BCUT2D eigenvalue weighted by atomic mass is 9.64. The van der Waals surface area contributed by atoms with Crippen molar-refractivity contribution < 1.29 is 4.74 Å². The molecule has 3 aliphatic rings. The summed E-state index contributed by atoms with van der Waals surface area (Å²) in [4.78, 5) is 0. The monoisotopic (exact) mass is 236 g/mol. The third-order valence-electron chi connectivity index (χ3n) is 7.23. The first kappa shape index (κ1) is 12.0. The molecule has 1 spiro atoms. The predicted molar refractivity (Wildman–Crippen MR) is 70.9 cm³/mol.